The molecule has 8 rings (SSSR count). The summed E-state index contributed by atoms with van der Waals surface area (Å²) in [6, 6.07) is 35.2. The molecule has 5 aromatic carbocycles. The third kappa shape index (κ3) is 7.30. The number of benzene rings is 5. The van der Waals surface area contributed by atoms with E-state index in [0.717, 1.165) is 48.5 Å². The first-order chi connectivity index (χ1) is 28.2. The van der Waals surface area contributed by atoms with E-state index in [1.807, 2.05) is 24.3 Å². The predicted octanol–water partition coefficient (Wildman–Crippen LogP) is 16.0. The Morgan fingerprint density at radius 1 is 0.741 bits per heavy atom. The number of rotatable bonds is 12. The second-order valence-electron chi connectivity index (χ2n) is 17.5. The van der Waals surface area contributed by atoms with E-state index >= 15 is 0 Å². The summed E-state index contributed by atoms with van der Waals surface area (Å²) in [5, 5.41) is 16.9. The Kier molecular flexibility index (Phi) is 11.4. The van der Waals surface area contributed by atoms with Crippen LogP contribution in [0.1, 0.15) is 128 Å². The summed E-state index contributed by atoms with van der Waals surface area (Å²) in [6.45, 7) is 14.3. The minimum absolute atomic E-state index is 0.101. The number of hydrogen-bond donors (Lipinski definition) is 0. The van der Waals surface area contributed by atoms with Gasteiger partial charge in [-0.05, 0) is 141 Å². The summed E-state index contributed by atoms with van der Waals surface area (Å²) in [5.41, 5.74) is 12.5. The van der Waals surface area contributed by atoms with Crippen molar-refractivity contribution < 1.29 is 4.74 Å². The molecule has 1 unspecified atom stereocenters. The fourth-order valence-electron chi connectivity index (χ4n) is 10.3. The van der Waals surface area contributed by atoms with Crippen LogP contribution in [0.4, 0.5) is 0 Å². The molecule has 0 N–H and O–H groups in total. The van der Waals surface area contributed by atoms with Crippen LogP contribution in [-0.4, -0.2) is 0 Å². The standard InChI is InChI=1S/C55H57NOS/c1-7-9-20-45-47-32-24-37-16-11-13-22-43(37)51(47)54(3,4)49(45)34-26-39-18-15-19-40(53(39)57-41-28-30-42(31-29-41)58-36-56)27-35-50-46(21-10-8-2)48-33-25-38-17-12-14-23-44(38)52(48)55(50,5)6/h11-14,16-17,22-35,45H,7-10,15,18-21H2,1-6H3/b35-27+,39-26+,49-34-. The largest absolute Gasteiger partial charge is 0.457 e. The van der Waals surface area contributed by atoms with Gasteiger partial charge in [0.25, 0.3) is 0 Å². The van der Waals surface area contributed by atoms with Gasteiger partial charge in [-0.2, -0.15) is 5.26 Å². The predicted molar refractivity (Wildman–Crippen MR) is 247 cm³/mol. The lowest BCUT2D eigenvalue weighted by molar-refractivity contribution is 0.415. The summed E-state index contributed by atoms with van der Waals surface area (Å²) >= 11 is 1.18. The third-order valence-electron chi connectivity index (χ3n) is 13.2. The molecule has 0 radical (unpaired) electrons. The number of allylic oxidation sites excluding steroid dienone is 9. The maximum atomic E-state index is 9.29. The van der Waals surface area contributed by atoms with Gasteiger partial charge in [-0.25, -0.2) is 0 Å². The lowest BCUT2D eigenvalue weighted by atomic mass is 9.78. The van der Waals surface area contributed by atoms with Gasteiger partial charge in [0.05, 0.1) is 0 Å². The van der Waals surface area contributed by atoms with Crippen LogP contribution in [0.3, 0.4) is 0 Å². The Labute approximate surface area is 351 Å². The Morgan fingerprint density at radius 2 is 1.43 bits per heavy atom. The van der Waals surface area contributed by atoms with Crippen molar-refractivity contribution >= 4 is 38.9 Å². The highest BCUT2D eigenvalue weighted by Gasteiger charge is 2.42. The van der Waals surface area contributed by atoms with Crippen LogP contribution in [0, 0.1) is 10.7 Å². The van der Waals surface area contributed by atoms with Gasteiger partial charge < -0.3 is 4.74 Å². The van der Waals surface area contributed by atoms with Crippen molar-refractivity contribution in [2.24, 2.45) is 0 Å². The Morgan fingerprint density at radius 3 is 2.14 bits per heavy atom. The van der Waals surface area contributed by atoms with Gasteiger partial charge >= 0.3 is 0 Å². The van der Waals surface area contributed by atoms with Gasteiger partial charge in [-0.3, -0.25) is 0 Å². The lowest BCUT2D eigenvalue weighted by Crippen LogP contribution is -2.17. The van der Waals surface area contributed by atoms with E-state index < -0.39 is 0 Å². The van der Waals surface area contributed by atoms with Crippen LogP contribution in [0.5, 0.6) is 5.75 Å². The summed E-state index contributed by atoms with van der Waals surface area (Å²) in [6.07, 6.45) is 19.6. The van der Waals surface area contributed by atoms with Crippen molar-refractivity contribution in [2.45, 2.75) is 121 Å². The van der Waals surface area contributed by atoms with Crippen molar-refractivity contribution in [3.05, 3.63) is 172 Å². The molecule has 3 aliphatic carbocycles. The van der Waals surface area contributed by atoms with Crippen molar-refractivity contribution in [2.75, 3.05) is 0 Å². The highest BCUT2D eigenvalue weighted by atomic mass is 32.2. The normalized spacial score (nSPS) is 19.8. The molecule has 3 aliphatic rings. The Bertz CT molecular complexity index is 2570. The number of unbranched alkanes of at least 4 members (excludes halogenated alkanes) is 2. The molecule has 0 aromatic heterocycles. The number of nitrogens with zero attached hydrogens (tertiary/aromatic N) is 1. The molecule has 0 bridgehead atoms. The summed E-state index contributed by atoms with van der Waals surface area (Å²) in [5.74, 6) is 2.16. The quantitative estimate of drug-likeness (QED) is 0.0934. The zero-order chi connectivity index (χ0) is 40.4. The summed E-state index contributed by atoms with van der Waals surface area (Å²) < 4.78 is 6.99. The van der Waals surface area contributed by atoms with E-state index in [1.165, 1.54) is 109 Å². The van der Waals surface area contributed by atoms with E-state index in [4.69, 9.17) is 4.74 Å². The first-order valence-electron chi connectivity index (χ1n) is 21.6. The van der Waals surface area contributed by atoms with Gasteiger partial charge in [0, 0.05) is 21.6 Å². The maximum absolute atomic E-state index is 9.29. The first kappa shape index (κ1) is 39.8. The molecule has 0 aliphatic heterocycles. The van der Waals surface area contributed by atoms with Gasteiger partial charge in [0.1, 0.15) is 16.9 Å². The van der Waals surface area contributed by atoms with E-state index in [-0.39, 0.29) is 10.8 Å². The zero-order valence-corrected chi connectivity index (χ0v) is 36.1. The molecule has 0 fully saturated rings. The summed E-state index contributed by atoms with van der Waals surface area (Å²) in [4.78, 5) is 0.920. The molecule has 2 nitrogen and oxygen atoms in total. The van der Waals surface area contributed by atoms with Crippen LogP contribution < -0.4 is 4.74 Å². The fraction of sp³-hybridized carbons (Fsp3) is 0.327. The average molecular weight is 780 g/mol. The topological polar surface area (TPSA) is 33.0 Å². The second kappa shape index (κ2) is 16.7. The highest BCUT2D eigenvalue weighted by Crippen LogP contribution is 2.55. The molecule has 0 saturated heterocycles. The number of thiocyanates is 1. The molecule has 0 spiro atoms. The fourth-order valence-corrected chi connectivity index (χ4v) is 10.7. The van der Waals surface area contributed by atoms with Gasteiger partial charge in [0.2, 0.25) is 0 Å². The number of thioether (sulfide) groups is 1. The molecule has 1 atom stereocenters. The second-order valence-corrected chi connectivity index (χ2v) is 18.4. The molecule has 0 amide bonds. The molecule has 0 heterocycles. The first-order valence-corrected chi connectivity index (χ1v) is 22.4. The molecule has 0 saturated carbocycles. The van der Waals surface area contributed by atoms with Crippen molar-refractivity contribution in [3.63, 3.8) is 0 Å². The smallest absolute Gasteiger partial charge is 0.138 e. The third-order valence-corrected chi connectivity index (χ3v) is 13.8. The van der Waals surface area contributed by atoms with E-state index in [0.29, 0.717) is 5.92 Å². The summed E-state index contributed by atoms with van der Waals surface area (Å²) in [7, 11) is 0. The van der Waals surface area contributed by atoms with Gasteiger partial charge in [-0.1, -0.05) is 163 Å². The monoisotopic (exact) mass is 779 g/mol. The highest BCUT2D eigenvalue weighted by molar-refractivity contribution is 8.03. The number of hydrogen-bond acceptors (Lipinski definition) is 3. The van der Waals surface area contributed by atoms with Crippen LogP contribution in [0.2, 0.25) is 0 Å². The molecular weight excluding hydrogens is 723 g/mol. The van der Waals surface area contributed by atoms with Gasteiger partial charge in [0.15, 0.2) is 0 Å². The number of fused-ring (bicyclic) bond motifs is 6. The molecule has 3 heteroatoms. The average Bonchev–Trinajstić information content (AvgIpc) is 3.59. The van der Waals surface area contributed by atoms with Crippen LogP contribution >= 0.6 is 11.8 Å². The minimum atomic E-state index is -0.135. The van der Waals surface area contributed by atoms with Crippen LogP contribution in [-0.2, 0) is 10.8 Å². The maximum Gasteiger partial charge on any atom is 0.138 e. The Hall–Kier alpha value is -5.04. The lowest BCUT2D eigenvalue weighted by Gasteiger charge is -2.26. The van der Waals surface area contributed by atoms with E-state index in [9.17, 15) is 5.26 Å². The van der Waals surface area contributed by atoms with Crippen LogP contribution in [0.25, 0.3) is 27.1 Å². The van der Waals surface area contributed by atoms with Crippen molar-refractivity contribution in [1.29, 1.82) is 5.26 Å². The molecule has 58 heavy (non-hydrogen) atoms. The van der Waals surface area contributed by atoms with E-state index in [1.54, 1.807) is 0 Å². The SMILES string of the molecule is CCCCC1=C(/C=C/C2=C(Oc3ccc(SC#N)cc3)C(=C/C=C3/C(CCCC)c4ccc5ccccc5c4C3(C)C)/CCC2)C(C)(C)c2c1ccc1ccccc21. The molecular formula is C55H57NOS. The molecule has 294 valence electrons. The van der Waals surface area contributed by atoms with Gasteiger partial charge in [-0.15, -0.1) is 0 Å². The van der Waals surface area contributed by atoms with E-state index in [2.05, 4.69) is 144 Å². The Balaban J connectivity index is 1.24. The van der Waals surface area contributed by atoms with Crippen molar-refractivity contribution in [3.8, 4) is 11.2 Å². The van der Waals surface area contributed by atoms with Crippen molar-refractivity contribution in [1.82, 2.24) is 0 Å². The number of ether oxygens (including phenoxy) is 1. The number of nitriles is 1. The molecule has 5 aromatic rings. The van der Waals surface area contributed by atoms with Crippen LogP contribution in [0.15, 0.2) is 154 Å². The minimum Gasteiger partial charge on any atom is -0.457 e. The zero-order valence-electron chi connectivity index (χ0n) is 35.3.